The minimum atomic E-state index is 0.321. The van der Waals surface area contributed by atoms with Gasteiger partial charge in [-0.1, -0.05) is 17.7 Å². The van der Waals surface area contributed by atoms with Gasteiger partial charge in [-0.15, -0.1) is 0 Å². The predicted octanol–water partition coefficient (Wildman–Crippen LogP) is 3.28. The van der Waals surface area contributed by atoms with E-state index >= 15 is 0 Å². The summed E-state index contributed by atoms with van der Waals surface area (Å²) in [5.74, 6) is 1.79. The van der Waals surface area contributed by atoms with Crippen LogP contribution in [0.4, 0.5) is 5.69 Å². The van der Waals surface area contributed by atoms with E-state index in [1.807, 2.05) is 30.3 Å². The summed E-state index contributed by atoms with van der Waals surface area (Å²) in [5.41, 5.74) is 7.63. The summed E-state index contributed by atoms with van der Waals surface area (Å²) in [4.78, 5) is 4.30. The van der Waals surface area contributed by atoms with E-state index in [4.69, 9.17) is 26.8 Å². The van der Waals surface area contributed by atoms with Crippen molar-refractivity contribution in [2.24, 2.45) is 10.7 Å². The molecule has 2 aromatic carbocycles. The van der Waals surface area contributed by atoms with Crippen molar-refractivity contribution in [3.05, 3.63) is 53.1 Å². The van der Waals surface area contributed by atoms with Crippen LogP contribution in [0.15, 0.2) is 47.5 Å². The first-order valence-electron chi connectivity index (χ1n) is 6.66. The zero-order chi connectivity index (χ0) is 15.9. The summed E-state index contributed by atoms with van der Waals surface area (Å²) in [6.45, 7) is 0.398. The topological polar surface area (TPSA) is 68.9 Å². The second-order valence-electron chi connectivity index (χ2n) is 4.51. The lowest BCUT2D eigenvalue weighted by Crippen LogP contribution is -2.22. The number of nitrogens with two attached hydrogens (primary N) is 1. The zero-order valence-electron chi connectivity index (χ0n) is 12.5. The molecular weight excluding hydrogens is 302 g/mol. The average molecular weight is 320 g/mol. The number of halogens is 1. The second-order valence-corrected chi connectivity index (χ2v) is 4.95. The number of ether oxygens (including phenoxy) is 2. The van der Waals surface area contributed by atoms with E-state index in [2.05, 4.69) is 10.3 Å². The molecule has 0 aliphatic heterocycles. The molecule has 0 bridgehead atoms. The van der Waals surface area contributed by atoms with Gasteiger partial charge in [0.15, 0.2) is 5.96 Å². The molecule has 0 aliphatic carbocycles. The van der Waals surface area contributed by atoms with Gasteiger partial charge in [-0.25, -0.2) is 4.99 Å². The highest BCUT2D eigenvalue weighted by Crippen LogP contribution is 2.23. The maximum Gasteiger partial charge on any atom is 0.193 e. The van der Waals surface area contributed by atoms with Gasteiger partial charge in [0.25, 0.3) is 0 Å². The summed E-state index contributed by atoms with van der Waals surface area (Å²) in [7, 11) is 3.22. The fourth-order valence-corrected chi connectivity index (χ4v) is 2.04. The van der Waals surface area contributed by atoms with Crippen LogP contribution in [0.25, 0.3) is 0 Å². The molecule has 0 radical (unpaired) electrons. The zero-order valence-corrected chi connectivity index (χ0v) is 13.2. The van der Waals surface area contributed by atoms with Gasteiger partial charge in [-0.2, -0.15) is 0 Å². The van der Waals surface area contributed by atoms with Crippen LogP contribution < -0.4 is 20.5 Å². The Morgan fingerprint density at radius 2 is 1.86 bits per heavy atom. The minimum absolute atomic E-state index is 0.321. The highest BCUT2D eigenvalue weighted by Gasteiger charge is 2.03. The number of nitrogens with zero attached hydrogens (tertiary/aromatic N) is 1. The predicted molar refractivity (Wildman–Crippen MR) is 89.9 cm³/mol. The Labute approximate surface area is 134 Å². The van der Waals surface area contributed by atoms with Gasteiger partial charge in [-0.3, -0.25) is 0 Å². The third-order valence-electron chi connectivity index (χ3n) is 3.03. The van der Waals surface area contributed by atoms with E-state index in [9.17, 15) is 0 Å². The Bertz CT molecular complexity index is 657. The second kappa shape index (κ2) is 7.56. The lowest BCUT2D eigenvalue weighted by Gasteiger charge is -2.09. The van der Waals surface area contributed by atoms with E-state index in [1.165, 1.54) is 0 Å². The van der Waals surface area contributed by atoms with E-state index in [0.29, 0.717) is 23.3 Å². The van der Waals surface area contributed by atoms with Crippen molar-refractivity contribution in [3.8, 4) is 11.5 Å². The average Bonchev–Trinajstić information content (AvgIpc) is 2.54. The van der Waals surface area contributed by atoms with Crippen LogP contribution in [-0.2, 0) is 6.54 Å². The van der Waals surface area contributed by atoms with Crippen LogP contribution in [0.5, 0.6) is 11.5 Å². The van der Waals surface area contributed by atoms with Gasteiger partial charge >= 0.3 is 0 Å². The molecule has 0 fully saturated rings. The molecule has 0 spiro atoms. The highest BCUT2D eigenvalue weighted by atomic mass is 35.5. The number of methoxy groups -OCH3 is 2. The third-order valence-corrected chi connectivity index (χ3v) is 3.27. The maximum absolute atomic E-state index is 5.93. The summed E-state index contributed by atoms with van der Waals surface area (Å²) in [6, 6.07) is 12.8. The molecule has 3 N–H and O–H groups in total. The Balaban J connectivity index is 2.03. The standard InChI is InChI=1S/C16H18ClN3O2/c1-21-14-7-5-13(6-8-14)20-16(18)19-10-11-3-4-12(17)9-15(11)22-2/h3-9H,10H2,1-2H3,(H3,18,19,20). The van der Waals surface area contributed by atoms with E-state index < -0.39 is 0 Å². The van der Waals surface area contributed by atoms with Crippen LogP contribution >= 0.6 is 11.6 Å². The Morgan fingerprint density at radius 3 is 2.50 bits per heavy atom. The van der Waals surface area contributed by atoms with Gasteiger partial charge in [0.2, 0.25) is 0 Å². The fourth-order valence-electron chi connectivity index (χ4n) is 1.88. The lowest BCUT2D eigenvalue weighted by molar-refractivity contribution is 0.410. The van der Waals surface area contributed by atoms with Crippen LogP contribution in [0.2, 0.25) is 5.02 Å². The molecule has 6 heteroatoms. The maximum atomic E-state index is 5.93. The van der Waals surface area contributed by atoms with E-state index in [0.717, 1.165) is 17.0 Å². The smallest absolute Gasteiger partial charge is 0.193 e. The number of guanidine groups is 1. The Kier molecular flexibility index (Phi) is 5.49. The molecule has 2 aromatic rings. The first kappa shape index (κ1) is 16.0. The molecular formula is C16H18ClN3O2. The minimum Gasteiger partial charge on any atom is -0.497 e. The first-order valence-corrected chi connectivity index (χ1v) is 7.03. The van der Waals surface area contributed by atoms with Gasteiger partial charge in [0.1, 0.15) is 11.5 Å². The van der Waals surface area contributed by atoms with Crippen LogP contribution in [0.3, 0.4) is 0 Å². The van der Waals surface area contributed by atoms with Gasteiger partial charge in [0, 0.05) is 16.3 Å². The largest absolute Gasteiger partial charge is 0.497 e. The van der Waals surface area contributed by atoms with Crippen molar-refractivity contribution in [1.82, 2.24) is 0 Å². The number of benzene rings is 2. The molecule has 0 atom stereocenters. The number of nitrogens with one attached hydrogen (secondary N) is 1. The van der Waals surface area contributed by atoms with Crippen molar-refractivity contribution in [1.29, 1.82) is 0 Å². The van der Waals surface area contributed by atoms with Crippen molar-refractivity contribution in [3.63, 3.8) is 0 Å². The summed E-state index contributed by atoms with van der Waals surface area (Å²) >= 11 is 5.93. The van der Waals surface area contributed by atoms with Crippen molar-refractivity contribution < 1.29 is 9.47 Å². The van der Waals surface area contributed by atoms with Gasteiger partial charge in [-0.05, 0) is 36.4 Å². The monoisotopic (exact) mass is 319 g/mol. The number of hydrogen-bond acceptors (Lipinski definition) is 3. The van der Waals surface area contributed by atoms with Gasteiger partial charge in [0.05, 0.1) is 20.8 Å². The van der Waals surface area contributed by atoms with Gasteiger partial charge < -0.3 is 20.5 Å². The summed E-state index contributed by atoms with van der Waals surface area (Å²) in [6.07, 6.45) is 0. The molecule has 0 aliphatic rings. The summed E-state index contributed by atoms with van der Waals surface area (Å²) < 4.78 is 10.4. The third kappa shape index (κ3) is 4.30. The lowest BCUT2D eigenvalue weighted by atomic mass is 10.2. The molecule has 0 saturated carbocycles. The number of aliphatic imine (C=N–C) groups is 1. The molecule has 0 saturated heterocycles. The molecule has 0 aromatic heterocycles. The van der Waals surface area contributed by atoms with E-state index in [1.54, 1.807) is 26.4 Å². The fraction of sp³-hybridized carbons (Fsp3) is 0.188. The Hall–Kier alpha value is -2.40. The Morgan fingerprint density at radius 1 is 1.14 bits per heavy atom. The summed E-state index contributed by atoms with van der Waals surface area (Å²) in [5, 5.41) is 3.64. The normalized spacial score (nSPS) is 11.1. The van der Waals surface area contributed by atoms with Crippen LogP contribution in [-0.4, -0.2) is 20.2 Å². The van der Waals surface area contributed by atoms with Crippen molar-refractivity contribution in [2.45, 2.75) is 6.54 Å². The molecule has 22 heavy (non-hydrogen) atoms. The number of anilines is 1. The molecule has 116 valence electrons. The van der Waals surface area contributed by atoms with Crippen molar-refractivity contribution >= 4 is 23.2 Å². The quantitative estimate of drug-likeness (QED) is 0.655. The molecule has 2 rings (SSSR count). The number of hydrogen-bond donors (Lipinski definition) is 2. The SMILES string of the molecule is COc1ccc(NC(N)=NCc2ccc(Cl)cc2OC)cc1. The molecule has 0 unspecified atom stereocenters. The number of rotatable bonds is 5. The van der Waals surface area contributed by atoms with Crippen LogP contribution in [0, 0.1) is 0 Å². The highest BCUT2D eigenvalue weighted by molar-refractivity contribution is 6.30. The molecule has 0 amide bonds. The molecule has 5 nitrogen and oxygen atoms in total. The van der Waals surface area contributed by atoms with Crippen LogP contribution in [0.1, 0.15) is 5.56 Å². The molecule has 0 heterocycles. The van der Waals surface area contributed by atoms with E-state index in [-0.39, 0.29) is 0 Å². The van der Waals surface area contributed by atoms with Crippen molar-refractivity contribution in [2.75, 3.05) is 19.5 Å². The first-order chi connectivity index (χ1) is 10.6.